The molecule has 0 atom stereocenters. The van der Waals surface area contributed by atoms with Crippen molar-refractivity contribution in [1.29, 1.82) is 0 Å². The van der Waals surface area contributed by atoms with Crippen LogP contribution in [0.2, 0.25) is 0 Å². The van der Waals surface area contributed by atoms with E-state index in [9.17, 15) is 9.59 Å². The lowest BCUT2D eigenvalue weighted by atomic mass is 10.0. The van der Waals surface area contributed by atoms with Crippen molar-refractivity contribution in [3.63, 3.8) is 0 Å². The number of carboxylic acids is 1. The molecular weight excluding hydrogens is 270 g/mol. The molecule has 0 unspecified atom stereocenters. The number of aromatic carboxylic acids is 1. The van der Waals surface area contributed by atoms with Gasteiger partial charge in [0.15, 0.2) is 0 Å². The van der Waals surface area contributed by atoms with Gasteiger partial charge in [-0.15, -0.1) is 0 Å². The molecule has 1 aromatic rings. The van der Waals surface area contributed by atoms with Crippen LogP contribution in [0.5, 0.6) is 0 Å². The highest BCUT2D eigenvalue weighted by Crippen LogP contribution is 2.50. The lowest BCUT2D eigenvalue weighted by molar-refractivity contribution is -0.136. The van der Waals surface area contributed by atoms with E-state index in [0.717, 1.165) is 24.8 Å². The third kappa shape index (κ3) is 3.61. The maximum Gasteiger partial charge on any atom is 0.335 e. The Bertz CT molecular complexity index is 520. The average Bonchev–Trinajstić information content (AvgIpc) is 3.26. The van der Waals surface area contributed by atoms with E-state index in [1.54, 1.807) is 43.3 Å². The monoisotopic (exact) mass is 291 g/mol. The van der Waals surface area contributed by atoms with Gasteiger partial charge in [0.25, 0.3) is 0 Å². The van der Waals surface area contributed by atoms with Gasteiger partial charge in [-0.1, -0.05) is 12.1 Å². The lowest BCUT2D eigenvalue weighted by Gasteiger charge is -2.23. The van der Waals surface area contributed by atoms with Crippen LogP contribution in [0.15, 0.2) is 24.3 Å². The molecule has 5 nitrogen and oxygen atoms in total. The fourth-order valence-corrected chi connectivity index (χ4v) is 2.52. The number of methoxy groups -OCH3 is 1. The van der Waals surface area contributed by atoms with Crippen LogP contribution in [-0.4, -0.2) is 42.6 Å². The minimum absolute atomic E-state index is 0.155. The van der Waals surface area contributed by atoms with Gasteiger partial charge in [0.2, 0.25) is 5.91 Å². The zero-order valence-corrected chi connectivity index (χ0v) is 12.5. The Kier molecular flexibility index (Phi) is 4.63. The van der Waals surface area contributed by atoms with Crippen molar-refractivity contribution in [2.24, 2.45) is 5.41 Å². The third-order valence-electron chi connectivity index (χ3n) is 4.06. The fourth-order valence-electron chi connectivity index (χ4n) is 2.52. The lowest BCUT2D eigenvalue weighted by Crippen LogP contribution is -2.34. The molecule has 1 N–H and O–H groups in total. The van der Waals surface area contributed by atoms with E-state index in [-0.39, 0.29) is 16.9 Å². The predicted molar refractivity (Wildman–Crippen MR) is 78.0 cm³/mol. The molecule has 0 saturated heterocycles. The second-order valence-corrected chi connectivity index (χ2v) is 5.69. The molecule has 1 aliphatic carbocycles. The van der Waals surface area contributed by atoms with Gasteiger partial charge in [-0.05, 0) is 37.0 Å². The normalized spacial score (nSPS) is 15.5. The van der Waals surface area contributed by atoms with Crippen LogP contribution in [0.4, 0.5) is 0 Å². The summed E-state index contributed by atoms with van der Waals surface area (Å²) in [6.45, 7) is 1.10. The van der Waals surface area contributed by atoms with Gasteiger partial charge in [0, 0.05) is 27.3 Å². The van der Waals surface area contributed by atoms with Crippen molar-refractivity contribution in [2.45, 2.75) is 25.8 Å². The first kappa shape index (κ1) is 15.5. The van der Waals surface area contributed by atoms with Crippen LogP contribution < -0.4 is 0 Å². The molecule has 0 spiro atoms. The number of rotatable bonds is 7. The molecule has 0 aromatic heterocycles. The molecule has 2 rings (SSSR count). The molecule has 0 bridgehead atoms. The summed E-state index contributed by atoms with van der Waals surface area (Å²) in [5.74, 6) is -0.788. The number of carbonyl (C=O) groups excluding carboxylic acids is 1. The summed E-state index contributed by atoms with van der Waals surface area (Å²) in [4.78, 5) is 25.0. The summed E-state index contributed by atoms with van der Waals surface area (Å²) in [6.07, 6.45) is 2.62. The van der Waals surface area contributed by atoms with E-state index in [4.69, 9.17) is 9.84 Å². The second-order valence-electron chi connectivity index (χ2n) is 5.69. The van der Waals surface area contributed by atoms with Crippen molar-refractivity contribution in [3.8, 4) is 0 Å². The number of ether oxygens (including phenoxy) is 1. The Labute approximate surface area is 124 Å². The first-order valence-corrected chi connectivity index (χ1v) is 7.05. The number of hydrogen-bond acceptors (Lipinski definition) is 3. The van der Waals surface area contributed by atoms with E-state index < -0.39 is 5.97 Å². The molecule has 1 saturated carbocycles. The molecule has 1 fully saturated rings. The van der Waals surface area contributed by atoms with Crippen molar-refractivity contribution in [2.75, 3.05) is 20.8 Å². The number of nitrogens with zero attached hydrogens (tertiary/aromatic N) is 1. The maximum absolute atomic E-state index is 12.5. The molecule has 0 radical (unpaired) electrons. The first-order chi connectivity index (χ1) is 9.98. The summed E-state index contributed by atoms with van der Waals surface area (Å²) in [5.41, 5.74) is 0.955. The van der Waals surface area contributed by atoms with Crippen LogP contribution in [0.1, 0.15) is 35.2 Å². The molecule has 5 heteroatoms. The van der Waals surface area contributed by atoms with E-state index in [1.807, 2.05) is 0 Å². The van der Waals surface area contributed by atoms with E-state index >= 15 is 0 Å². The smallest absolute Gasteiger partial charge is 0.335 e. The summed E-state index contributed by atoms with van der Waals surface area (Å²) >= 11 is 0. The minimum Gasteiger partial charge on any atom is -0.478 e. The fraction of sp³-hybridized carbons (Fsp3) is 0.500. The average molecular weight is 291 g/mol. The summed E-state index contributed by atoms with van der Waals surface area (Å²) in [7, 11) is 3.44. The number of hydrogen-bond donors (Lipinski definition) is 1. The quantitative estimate of drug-likeness (QED) is 0.836. The summed E-state index contributed by atoms with van der Waals surface area (Å²) in [5, 5.41) is 8.87. The van der Waals surface area contributed by atoms with Gasteiger partial charge in [-0.3, -0.25) is 4.79 Å². The Morgan fingerprint density at radius 3 is 2.38 bits per heavy atom. The molecule has 1 aromatic carbocycles. The highest BCUT2D eigenvalue weighted by Gasteiger charge is 2.50. The zero-order chi connectivity index (χ0) is 15.5. The van der Waals surface area contributed by atoms with E-state index in [1.165, 1.54) is 0 Å². The molecule has 0 heterocycles. The highest BCUT2D eigenvalue weighted by molar-refractivity contribution is 5.87. The zero-order valence-electron chi connectivity index (χ0n) is 12.5. The van der Waals surface area contributed by atoms with Gasteiger partial charge < -0.3 is 14.7 Å². The second kappa shape index (κ2) is 6.26. The molecule has 0 aliphatic heterocycles. The first-order valence-electron chi connectivity index (χ1n) is 7.05. The largest absolute Gasteiger partial charge is 0.478 e. The third-order valence-corrected chi connectivity index (χ3v) is 4.06. The summed E-state index contributed by atoms with van der Waals surface area (Å²) < 4.78 is 5.08. The Balaban J connectivity index is 1.96. The van der Waals surface area contributed by atoms with Crippen molar-refractivity contribution in [1.82, 2.24) is 4.90 Å². The van der Waals surface area contributed by atoms with Crippen molar-refractivity contribution in [3.05, 3.63) is 35.4 Å². The van der Waals surface area contributed by atoms with Crippen LogP contribution >= 0.6 is 0 Å². The van der Waals surface area contributed by atoms with Gasteiger partial charge in [0.05, 0.1) is 11.0 Å². The summed E-state index contributed by atoms with van der Waals surface area (Å²) in [6, 6.07) is 6.63. The van der Waals surface area contributed by atoms with Crippen LogP contribution in [0.3, 0.4) is 0 Å². The number of benzene rings is 1. The Morgan fingerprint density at radius 2 is 1.90 bits per heavy atom. The van der Waals surface area contributed by atoms with E-state index in [0.29, 0.717) is 13.2 Å². The number of amides is 1. The molecule has 21 heavy (non-hydrogen) atoms. The van der Waals surface area contributed by atoms with Gasteiger partial charge >= 0.3 is 5.97 Å². The van der Waals surface area contributed by atoms with E-state index in [2.05, 4.69) is 0 Å². The van der Waals surface area contributed by atoms with Gasteiger partial charge in [-0.2, -0.15) is 0 Å². The van der Waals surface area contributed by atoms with Gasteiger partial charge in [-0.25, -0.2) is 4.79 Å². The molecule has 1 aliphatic rings. The predicted octanol–water partition coefficient (Wildman–Crippen LogP) is 2.16. The van der Waals surface area contributed by atoms with Crippen LogP contribution in [-0.2, 0) is 16.1 Å². The van der Waals surface area contributed by atoms with Gasteiger partial charge in [0.1, 0.15) is 0 Å². The SMILES string of the molecule is COCCC1(C(=O)N(C)Cc2ccc(C(=O)O)cc2)CC1. The van der Waals surface area contributed by atoms with Crippen molar-refractivity contribution < 1.29 is 19.4 Å². The Hall–Kier alpha value is -1.88. The van der Waals surface area contributed by atoms with Crippen LogP contribution in [0.25, 0.3) is 0 Å². The molecular formula is C16H21NO4. The Morgan fingerprint density at radius 1 is 1.29 bits per heavy atom. The minimum atomic E-state index is -0.942. The van der Waals surface area contributed by atoms with Crippen molar-refractivity contribution >= 4 is 11.9 Å². The number of carboxylic acid groups (broad SMARTS) is 1. The number of carbonyl (C=O) groups is 2. The maximum atomic E-state index is 12.5. The molecule has 1 amide bonds. The molecule has 114 valence electrons. The standard InChI is InChI=1S/C16H21NO4/c1-17(15(20)16(7-8-16)9-10-21-2)11-12-3-5-13(6-4-12)14(18)19/h3-6H,7-11H2,1-2H3,(H,18,19). The van der Waals surface area contributed by atoms with Crippen LogP contribution in [0, 0.1) is 5.41 Å². The topological polar surface area (TPSA) is 66.8 Å². The highest BCUT2D eigenvalue weighted by atomic mass is 16.5.